The lowest BCUT2D eigenvalue weighted by Gasteiger charge is -2.12. The quantitative estimate of drug-likeness (QED) is 0.642. The Morgan fingerprint density at radius 2 is 1.71 bits per heavy atom. The molecule has 1 heterocycles. The zero-order chi connectivity index (χ0) is 15.7. The third kappa shape index (κ3) is 7.57. The Labute approximate surface area is 127 Å². The molecule has 2 rings (SSSR count). The Balaban J connectivity index is 0.000000211. The molecule has 0 unspecified atom stereocenters. The number of nitrogens with zero attached hydrogens (tertiary/aromatic N) is 1. The standard InChI is InChI=1S/C8H18N2.C7H8O3S/c9-5-1-2-6-10-7-3-4-8-10;1-6-2-4-7(5-3-6)11(8,9)10/h1-9H2;2-5H,1H3,(H,8,9,10). The third-order valence-corrected chi connectivity index (χ3v) is 4.31. The predicted octanol–water partition coefficient (Wildman–Crippen LogP) is 2.06. The Morgan fingerprint density at radius 3 is 2.19 bits per heavy atom. The highest BCUT2D eigenvalue weighted by atomic mass is 32.2. The molecule has 0 saturated carbocycles. The van der Waals surface area contributed by atoms with Crippen molar-refractivity contribution in [1.29, 1.82) is 0 Å². The maximum Gasteiger partial charge on any atom is 0.294 e. The second-order valence-electron chi connectivity index (χ2n) is 5.33. The van der Waals surface area contributed by atoms with E-state index in [9.17, 15) is 8.42 Å². The minimum absolute atomic E-state index is 0.0666. The molecule has 0 bridgehead atoms. The van der Waals surface area contributed by atoms with Crippen LogP contribution in [0.1, 0.15) is 31.2 Å². The lowest BCUT2D eigenvalue weighted by atomic mass is 10.2. The molecule has 1 fully saturated rings. The van der Waals surface area contributed by atoms with Crippen LogP contribution in [0.25, 0.3) is 0 Å². The Hall–Kier alpha value is -0.950. The van der Waals surface area contributed by atoms with E-state index in [4.69, 9.17) is 10.3 Å². The van der Waals surface area contributed by atoms with Crippen molar-refractivity contribution in [2.24, 2.45) is 5.73 Å². The number of likely N-dealkylation sites (tertiary alicyclic amines) is 1. The molecule has 0 amide bonds. The van der Waals surface area contributed by atoms with Crippen LogP contribution < -0.4 is 5.73 Å². The van der Waals surface area contributed by atoms with Crippen LogP contribution in [-0.2, 0) is 10.1 Å². The number of nitrogens with two attached hydrogens (primary N) is 1. The van der Waals surface area contributed by atoms with Crippen LogP contribution in [-0.4, -0.2) is 44.0 Å². The monoisotopic (exact) mass is 314 g/mol. The van der Waals surface area contributed by atoms with Crippen LogP contribution in [0.2, 0.25) is 0 Å². The van der Waals surface area contributed by atoms with Gasteiger partial charge >= 0.3 is 0 Å². The molecule has 1 aliphatic rings. The zero-order valence-electron chi connectivity index (χ0n) is 12.7. The van der Waals surface area contributed by atoms with E-state index in [1.165, 1.54) is 57.5 Å². The Morgan fingerprint density at radius 1 is 1.14 bits per heavy atom. The van der Waals surface area contributed by atoms with Gasteiger partial charge in [0, 0.05) is 0 Å². The minimum atomic E-state index is -4.02. The maximum atomic E-state index is 10.5. The summed E-state index contributed by atoms with van der Waals surface area (Å²) in [4.78, 5) is 2.47. The summed E-state index contributed by atoms with van der Waals surface area (Å²) in [7, 11) is -4.02. The second kappa shape index (κ2) is 9.15. The van der Waals surface area contributed by atoms with Crippen LogP contribution in [0.5, 0.6) is 0 Å². The van der Waals surface area contributed by atoms with Crippen molar-refractivity contribution in [2.75, 3.05) is 26.2 Å². The molecule has 3 N–H and O–H groups in total. The summed E-state index contributed by atoms with van der Waals surface area (Å²) >= 11 is 0. The average Bonchev–Trinajstić information content (AvgIpc) is 2.92. The van der Waals surface area contributed by atoms with Gasteiger partial charge in [-0.25, -0.2) is 0 Å². The molecule has 0 aromatic heterocycles. The van der Waals surface area contributed by atoms with Gasteiger partial charge in [-0.1, -0.05) is 17.7 Å². The van der Waals surface area contributed by atoms with Gasteiger partial charge in [0.05, 0.1) is 4.90 Å². The first-order valence-electron chi connectivity index (χ1n) is 7.40. The SMILES string of the molecule is Cc1ccc(S(=O)(=O)O)cc1.NCCCCN1CCCC1. The van der Waals surface area contributed by atoms with E-state index in [-0.39, 0.29) is 4.90 Å². The molecular formula is C15H26N2O3S. The molecule has 1 aliphatic heterocycles. The first kappa shape index (κ1) is 18.1. The van der Waals surface area contributed by atoms with Crippen LogP contribution in [0.15, 0.2) is 29.2 Å². The van der Waals surface area contributed by atoms with Crippen LogP contribution in [0.3, 0.4) is 0 Å². The van der Waals surface area contributed by atoms with Gasteiger partial charge in [0.2, 0.25) is 0 Å². The normalized spacial score (nSPS) is 15.6. The molecule has 0 aliphatic carbocycles. The summed E-state index contributed by atoms with van der Waals surface area (Å²) in [6.07, 6.45) is 5.29. The molecular weight excluding hydrogens is 288 g/mol. The molecule has 0 atom stereocenters. The predicted molar refractivity (Wildman–Crippen MR) is 85.0 cm³/mol. The molecule has 120 valence electrons. The van der Waals surface area contributed by atoms with Crippen molar-refractivity contribution in [3.8, 4) is 0 Å². The van der Waals surface area contributed by atoms with Gasteiger partial charge in [-0.05, 0) is 70.9 Å². The fraction of sp³-hybridized carbons (Fsp3) is 0.600. The van der Waals surface area contributed by atoms with E-state index in [1.54, 1.807) is 12.1 Å². The maximum absolute atomic E-state index is 10.5. The summed E-state index contributed by atoms with van der Waals surface area (Å²) < 4.78 is 29.6. The van der Waals surface area contributed by atoms with Gasteiger partial charge in [-0.2, -0.15) is 8.42 Å². The summed E-state index contributed by atoms with van der Waals surface area (Å²) in [5.74, 6) is 0. The van der Waals surface area contributed by atoms with Crippen molar-refractivity contribution in [2.45, 2.75) is 37.5 Å². The van der Waals surface area contributed by atoms with Crippen molar-refractivity contribution in [3.63, 3.8) is 0 Å². The lowest BCUT2D eigenvalue weighted by Crippen LogP contribution is -2.20. The Kier molecular flexibility index (Phi) is 7.88. The van der Waals surface area contributed by atoms with Crippen molar-refractivity contribution >= 4 is 10.1 Å². The van der Waals surface area contributed by atoms with E-state index in [2.05, 4.69) is 4.90 Å². The Bertz CT molecular complexity index is 494. The molecule has 1 aromatic rings. The number of unbranched alkanes of at least 4 members (excludes halogenated alkanes) is 1. The van der Waals surface area contributed by atoms with E-state index in [0.29, 0.717) is 0 Å². The van der Waals surface area contributed by atoms with Crippen LogP contribution in [0.4, 0.5) is 0 Å². The lowest BCUT2D eigenvalue weighted by molar-refractivity contribution is 0.331. The summed E-state index contributed by atoms with van der Waals surface area (Å²) in [6, 6.07) is 5.99. The average molecular weight is 314 g/mol. The smallest absolute Gasteiger partial charge is 0.294 e. The first-order chi connectivity index (χ1) is 9.93. The zero-order valence-corrected chi connectivity index (χ0v) is 13.5. The third-order valence-electron chi connectivity index (χ3n) is 3.45. The van der Waals surface area contributed by atoms with Gasteiger partial charge in [-0.3, -0.25) is 4.55 Å². The highest BCUT2D eigenvalue weighted by molar-refractivity contribution is 7.85. The molecule has 0 radical (unpaired) electrons. The van der Waals surface area contributed by atoms with Gasteiger partial charge in [0.25, 0.3) is 10.1 Å². The molecule has 6 heteroatoms. The molecule has 21 heavy (non-hydrogen) atoms. The number of aryl methyl sites for hydroxylation is 1. The number of hydrogen-bond acceptors (Lipinski definition) is 4. The topological polar surface area (TPSA) is 83.6 Å². The first-order valence-corrected chi connectivity index (χ1v) is 8.84. The van der Waals surface area contributed by atoms with Crippen molar-refractivity contribution in [3.05, 3.63) is 29.8 Å². The molecule has 1 saturated heterocycles. The van der Waals surface area contributed by atoms with Gasteiger partial charge in [-0.15, -0.1) is 0 Å². The fourth-order valence-corrected chi connectivity index (χ4v) is 2.68. The number of rotatable bonds is 5. The van der Waals surface area contributed by atoms with Gasteiger partial charge in [0.15, 0.2) is 0 Å². The number of hydrogen-bond donors (Lipinski definition) is 2. The second-order valence-corrected chi connectivity index (χ2v) is 6.75. The minimum Gasteiger partial charge on any atom is -0.330 e. The fourth-order valence-electron chi connectivity index (χ4n) is 2.20. The van der Waals surface area contributed by atoms with Gasteiger partial charge in [0.1, 0.15) is 0 Å². The van der Waals surface area contributed by atoms with E-state index in [0.717, 1.165) is 12.1 Å². The highest BCUT2D eigenvalue weighted by Crippen LogP contribution is 2.08. The highest BCUT2D eigenvalue weighted by Gasteiger charge is 2.09. The van der Waals surface area contributed by atoms with Crippen LogP contribution >= 0.6 is 0 Å². The summed E-state index contributed by atoms with van der Waals surface area (Å²) in [5.41, 5.74) is 6.35. The summed E-state index contributed by atoms with van der Waals surface area (Å²) in [5, 5.41) is 0. The molecule has 0 spiro atoms. The number of benzene rings is 1. The van der Waals surface area contributed by atoms with E-state index >= 15 is 0 Å². The van der Waals surface area contributed by atoms with E-state index < -0.39 is 10.1 Å². The molecule has 5 nitrogen and oxygen atoms in total. The van der Waals surface area contributed by atoms with Crippen molar-refractivity contribution < 1.29 is 13.0 Å². The molecule has 1 aromatic carbocycles. The van der Waals surface area contributed by atoms with Gasteiger partial charge < -0.3 is 10.6 Å². The van der Waals surface area contributed by atoms with Crippen molar-refractivity contribution in [1.82, 2.24) is 4.90 Å². The van der Waals surface area contributed by atoms with Crippen LogP contribution in [0, 0.1) is 6.92 Å². The van der Waals surface area contributed by atoms with E-state index in [1.807, 2.05) is 6.92 Å². The summed E-state index contributed by atoms with van der Waals surface area (Å²) in [6.45, 7) is 6.62. The largest absolute Gasteiger partial charge is 0.330 e.